The summed E-state index contributed by atoms with van der Waals surface area (Å²) in [6.45, 7) is 2.10. The van der Waals surface area contributed by atoms with Crippen molar-refractivity contribution in [1.82, 2.24) is 0 Å². The van der Waals surface area contributed by atoms with Crippen LogP contribution in [0.2, 0.25) is 0 Å². The van der Waals surface area contributed by atoms with Crippen molar-refractivity contribution in [3.63, 3.8) is 0 Å². The van der Waals surface area contributed by atoms with E-state index in [2.05, 4.69) is 0 Å². The molecule has 17 heavy (non-hydrogen) atoms. The first kappa shape index (κ1) is 11.4. The molecule has 90 valence electrons. The van der Waals surface area contributed by atoms with E-state index in [9.17, 15) is 9.59 Å². The molecule has 1 aliphatic heterocycles. The monoisotopic (exact) mass is 234 g/mol. The van der Waals surface area contributed by atoms with Crippen LogP contribution in [0.4, 0.5) is 11.4 Å². The van der Waals surface area contributed by atoms with Gasteiger partial charge in [0.25, 0.3) is 0 Å². The molecule has 1 fully saturated rings. The summed E-state index contributed by atoms with van der Waals surface area (Å²) < 4.78 is 0. The topological polar surface area (TPSA) is 83.6 Å². The van der Waals surface area contributed by atoms with Gasteiger partial charge in [-0.15, -0.1) is 0 Å². The predicted octanol–water partition coefficient (Wildman–Crippen LogP) is 1.01. The lowest BCUT2D eigenvalue weighted by atomic mass is 10.1. The van der Waals surface area contributed by atoms with Crippen molar-refractivity contribution in [2.24, 2.45) is 5.92 Å². The molecule has 1 saturated heterocycles. The van der Waals surface area contributed by atoms with Gasteiger partial charge in [0.2, 0.25) is 5.91 Å². The van der Waals surface area contributed by atoms with E-state index in [1.54, 1.807) is 12.1 Å². The maximum absolute atomic E-state index is 11.8. The Morgan fingerprint density at radius 2 is 2.24 bits per heavy atom. The SMILES string of the molecule is Cc1ccc(N)c(N2CC(C(=O)O)CC2=O)c1. The summed E-state index contributed by atoms with van der Waals surface area (Å²) in [6, 6.07) is 5.39. The number of hydrogen-bond donors (Lipinski definition) is 2. The molecule has 0 saturated carbocycles. The Balaban J connectivity index is 2.32. The van der Waals surface area contributed by atoms with Crippen molar-refractivity contribution >= 4 is 23.3 Å². The zero-order valence-corrected chi connectivity index (χ0v) is 9.51. The number of hydrogen-bond acceptors (Lipinski definition) is 3. The molecule has 2 rings (SSSR count). The van der Waals surface area contributed by atoms with Crippen LogP contribution in [0.15, 0.2) is 18.2 Å². The van der Waals surface area contributed by atoms with Gasteiger partial charge in [0.1, 0.15) is 0 Å². The third-order valence-corrected chi connectivity index (χ3v) is 2.95. The lowest BCUT2D eigenvalue weighted by Gasteiger charge is -2.18. The summed E-state index contributed by atoms with van der Waals surface area (Å²) in [5.74, 6) is -1.76. The van der Waals surface area contributed by atoms with Gasteiger partial charge in [0, 0.05) is 13.0 Å². The highest BCUT2D eigenvalue weighted by molar-refractivity contribution is 6.01. The summed E-state index contributed by atoms with van der Waals surface area (Å²) in [5.41, 5.74) is 7.90. The number of nitrogens with two attached hydrogens (primary N) is 1. The van der Waals surface area contributed by atoms with E-state index in [4.69, 9.17) is 10.8 Å². The van der Waals surface area contributed by atoms with Crippen molar-refractivity contribution < 1.29 is 14.7 Å². The van der Waals surface area contributed by atoms with Crippen LogP contribution in [0.3, 0.4) is 0 Å². The first-order valence-corrected chi connectivity index (χ1v) is 5.38. The first-order valence-electron chi connectivity index (χ1n) is 5.38. The van der Waals surface area contributed by atoms with Crippen LogP contribution in [0.1, 0.15) is 12.0 Å². The van der Waals surface area contributed by atoms with Gasteiger partial charge in [-0.25, -0.2) is 0 Å². The number of amides is 1. The number of nitrogen functional groups attached to an aromatic ring is 1. The highest BCUT2D eigenvalue weighted by Gasteiger charge is 2.35. The zero-order valence-electron chi connectivity index (χ0n) is 9.51. The minimum Gasteiger partial charge on any atom is -0.481 e. The second kappa shape index (κ2) is 4.08. The number of anilines is 2. The normalized spacial score (nSPS) is 19.7. The average molecular weight is 234 g/mol. The Kier molecular flexibility index (Phi) is 2.75. The van der Waals surface area contributed by atoms with E-state index in [1.807, 2.05) is 13.0 Å². The molecule has 1 aromatic rings. The van der Waals surface area contributed by atoms with Crippen molar-refractivity contribution in [2.75, 3.05) is 17.2 Å². The lowest BCUT2D eigenvalue weighted by Crippen LogP contribution is -2.26. The quantitative estimate of drug-likeness (QED) is 0.748. The molecule has 5 heteroatoms. The zero-order chi connectivity index (χ0) is 12.6. The van der Waals surface area contributed by atoms with Gasteiger partial charge in [-0.2, -0.15) is 0 Å². The Hall–Kier alpha value is -2.04. The number of rotatable bonds is 2. The summed E-state index contributed by atoms with van der Waals surface area (Å²) in [4.78, 5) is 24.1. The minimum absolute atomic E-state index is 0.0444. The van der Waals surface area contributed by atoms with Gasteiger partial charge >= 0.3 is 5.97 Å². The third kappa shape index (κ3) is 2.08. The number of benzene rings is 1. The van der Waals surface area contributed by atoms with E-state index in [-0.39, 0.29) is 18.9 Å². The lowest BCUT2D eigenvalue weighted by molar-refractivity contribution is -0.141. The number of carbonyl (C=O) groups excluding carboxylic acids is 1. The van der Waals surface area contributed by atoms with Gasteiger partial charge < -0.3 is 15.7 Å². The molecule has 1 aliphatic rings. The molecule has 1 unspecified atom stereocenters. The van der Waals surface area contributed by atoms with Crippen LogP contribution in [-0.2, 0) is 9.59 Å². The second-order valence-electron chi connectivity index (χ2n) is 4.31. The summed E-state index contributed by atoms with van der Waals surface area (Å²) in [5, 5.41) is 8.91. The number of aliphatic carboxylic acids is 1. The van der Waals surface area contributed by atoms with Crippen LogP contribution in [0.5, 0.6) is 0 Å². The maximum atomic E-state index is 11.8. The Bertz CT molecular complexity index is 485. The molecule has 1 heterocycles. The van der Waals surface area contributed by atoms with Crippen LogP contribution < -0.4 is 10.6 Å². The van der Waals surface area contributed by atoms with Crippen LogP contribution in [0, 0.1) is 12.8 Å². The third-order valence-electron chi connectivity index (χ3n) is 2.95. The summed E-state index contributed by atoms with van der Waals surface area (Å²) in [7, 11) is 0. The maximum Gasteiger partial charge on any atom is 0.308 e. The smallest absolute Gasteiger partial charge is 0.308 e. The number of carboxylic acids is 1. The van der Waals surface area contributed by atoms with E-state index in [1.165, 1.54) is 4.90 Å². The molecule has 0 aromatic heterocycles. The molecule has 1 atom stereocenters. The molecule has 1 aromatic carbocycles. The van der Waals surface area contributed by atoms with Crippen molar-refractivity contribution in [3.05, 3.63) is 23.8 Å². The predicted molar refractivity (Wildman–Crippen MR) is 63.7 cm³/mol. The molecular formula is C12H14N2O3. The van der Waals surface area contributed by atoms with E-state index < -0.39 is 11.9 Å². The standard InChI is InChI=1S/C12H14N2O3/c1-7-2-3-9(13)10(4-7)14-6-8(12(16)17)5-11(14)15/h2-4,8H,5-6,13H2,1H3,(H,16,17). The fourth-order valence-electron chi connectivity index (χ4n) is 1.99. The van der Waals surface area contributed by atoms with Crippen LogP contribution in [0.25, 0.3) is 0 Å². The first-order chi connectivity index (χ1) is 7.99. The number of aryl methyl sites for hydroxylation is 1. The molecule has 0 bridgehead atoms. The number of carbonyl (C=O) groups is 2. The molecule has 0 spiro atoms. The number of nitrogens with zero attached hydrogens (tertiary/aromatic N) is 1. The summed E-state index contributed by atoms with van der Waals surface area (Å²) >= 11 is 0. The Morgan fingerprint density at radius 1 is 1.53 bits per heavy atom. The molecule has 3 N–H and O–H groups in total. The van der Waals surface area contributed by atoms with Crippen molar-refractivity contribution in [3.8, 4) is 0 Å². The largest absolute Gasteiger partial charge is 0.481 e. The Morgan fingerprint density at radius 3 is 2.82 bits per heavy atom. The number of carboxylic acid groups (broad SMARTS) is 1. The molecular weight excluding hydrogens is 220 g/mol. The second-order valence-corrected chi connectivity index (χ2v) is 4.31. The van der Waals surface area contributed by atoms with Crippen molar-refractivity contribution in [1.29, 1.82) is 0 Å². The highest BCUT2D eigenvalue weighted by Crippen LogP contribution is 2.30. The van der Waals surface area contributed by atoms with Gasteiger partial charge in [-0.3, -0.25) is 9.59 Å². The molecule has 5 nitrogen and oxygen atoms in total. The van der Waals surface area contributed by atoms with Gasteiger partial charge in [0.05, 0.1) is 17.3 Å². The fraction of sp³-hybridized carbons (Fsp3) is 0.333. The van der Waals surface area contributed by atoms with E-state index >= 15 is 0 Å². The average Bonchev–Trinajstić information content (AvgIpc) is 2.64. The Labute approximate surface area is 98.8 Å². The van der Waals surface area contributed by atoms with Crippen LogP contribution >= 0.6 is 0 Å². The summed E-state index contributed by atoms with van der Waals surface area (Å²) in [6.07, 6.45) is 0.0444. The molecule has 0 aliphatic carbocycles. The van der Waals surface area contributed by atoms with Gasteiger partial charge in [0.15, 0.2) is 0 Å². The molecule has 1 amide bonds. The highest BCUT2D eigenvalue weighted by atomic mass is 16.4. The van der Waals surface area contributed by atoms with Crippen LogP contribution in [-0.4, -0.2) is 23.5 Å². The fourth-order valence-corrected chi connectivity index (χ4v) is 1.99. The van der Waals surface area contributed by atoms with Gasteiger partial charge in [-0.05, 0) is 24.6 Å². The van der Waals surface area contributed by atoms with Gasteiger partial charge in [-0.1, -0.05) is 6.07 Å². The van der Waals surface area contributed by atoms with Crippen molar-refractivity contribution in [2.45, 2.75) is 13.3 Å². The van der Waals surface area contributed by atoms with E-state index in [0.717, 1.165) is 5.56 Å². The minimum atomic E-state index is -0.938. The van der Waals surface area contributed by atoms with E-state index in [0.29, 0.717) is 11.4 Å². The molecule has 0 radical (unpaired) electrons.